The number of fused-ring (bicyclic) bond motifs is 1. The lowest BCUT2D eigenvalue weighted by Crippen LogP contribution is -2.52. The van der Waals surface area contributed by atoms with Crippen molar-refractivity contribution in [2.45, 2.75) is 96.4 Å². The number of aromatic nitrogens is 1. The number of Topliss-reactive ketones (excluding diaryl/α,β-unsaturated/α-hetero) is 1. The number of carbonyl (C=O) groups excluding carboxylic acids is 6. The maximum Gasteiger partial charge on any atom is 0.338 e. The molecular formula is C48H61ClN6O8. The molecule has 14 nitrogen and oxygen atoms in total. The summed E-state index contributed by atoms with van der Waals surface area (Å²) in [7, 11) is 7.84. The summed E-state index contributed by atoms with van der Waals surface area (Å²) in [6.07, 6.45) is 15.5. The number of carbonyl (C=O) groups is 6. The molecule has 1 fully saturated rings. The highest BCUT2D eigenvalue weighted by atomic mass is 35.5. The zero-order chi connectivity index (χ0) is 45.6. The van der Waals surface area contributed by atoms with Crippen LogP contribution in [0, 0.1) is 0 Å². The third kappa shape index (κ3) is 12.2. The molecule has 0 radical (unpaired) electrons. The number of amides is 6. The van der Waals surface area contributed by atoms with Gasteiger partial charge in [-0.3, -0.25) is 14.4 Å². The van der Waals surface area contributed by atoms with Crippen LogP contribution < -0.4 is 15.4 Å². The number of likely N-dealkylation sites (N-methyl/N-ethyl adjacent to an activating group) is 1. The number of ketones is 1. The molecule has 4 aromatic rings. The van der Waals surface area contributed by atoms with Crippen LogP contribution in [-0.2, 0) is 21.4 Å². The lowest BCUT2D eigenvalue weighted by Gasteiger charge is -2.25. The third-order valence-electron chi connectivity index (χ3n) is 11.3. The van der Waals surface area contributed by atoms with Crippen molar-refractivity contribution in [3.05, 3.63) is 76.8 Å². The van der Waals surface area contributed by atoms with Crippen LogP contribution in [0.4, 0.5) is 21.0 Å². The summed E-state index contributed by atoms with van der Waals surface area (Å²) in [6, 6.07) is 12.9. The lowest BCUT2D eigenvalue weighted by atomic mass is 9.95. The van der Waals surface area contributed by atoms with E-state index in [0.29, 0.717) is 44.9 Å². The quantitative estimate of drug-likeness (QED) is 0.0245. The van der Waals surface area contributed by atoms with Gasteiger partial charge in [0.2, 0.25) is 0 Å². The van der Waals surface area contributed by atoms with Crippen LogP contribution in [0.5, 0.6) is 5.75 Å². The molecule has 3 aromatic carbocycles. The van der Waals surface area contributed by atoms with Crippen LogP contribution in [0.15, 0.2) is 60.7 Å². The number of nitrogens with zero attached hydrogens (tertiary/aromatic N) is 4. The van der Waals surface area contributed by atoms with Crippen LogP contribution in [0.3, 0.4) is 0 Å². The van der Waals surface area contributed by atoms with Gasteiger partial charge in [-0.05, 0) is 72.6 Å². The first kappa shape index (κ1) is 48.1. The number of methoxy groups -OCH3 is 1. The number of halogens is 1. The molecule has 338 valence electrons. The molecule has 1 aliphatic rings. The molecule has 0 saturated carbocycles. The third-order valence-corrected chi connectivity index (χ3v) is 11.7. The Bertz CT molecular complexity index is 2270. The normalized spacial score (nSPS) is 13.1. The predicted molar refractivity (Wildman–Crippen MR) is 247 cm³/mol. The van der Waals surface area contributed by atoms with Crippen molar-refractivity contribution >= 4 is 69.5 Å². The number of nitrogens with one attached hydrogen (secondary N) is 2. The van der Waals surface area contributed by atoms with Gasteiger partial charge in [0.15, 0.2) is 11.8 Å². The first-order valence-electron chi connectivity index (χ1n) is 21.9. The Morgan fingerprint density at radius 2 is 1.41 bits per heavy atom. The Morgan fingerprint density at radius 1 is 0.794 bits per heavy atom. The molecule has 1 aromatic heterocycles. The van der Waals surface area contributed by atoms with Gasteiger partial charge < -0.3 is 34.5 Å². The van der Waals surface area contributed by atoms with E-state index in [-0.39, 0.29) is 35.0 Å². The highest BCUT2D eigenvalue weighted by Crippen LogP contribution is 2.37. The monoisotopic (exact) mass is 884 g/mol. The van der Waals surface area contributed by atoms with Gasteiger partial charge in [0, 0.05) is 44.8 Å². The minimum Gasteiger partial charge on any atom is -0.497 e. The van der Waals surface area contributed by atoms with Gasteiger partial charge in [-0.25, -0.2) is 19.3 Å². The number of imide groups is 1. The number of unbranched alkanes of at least 4 members (excludes halogenated alkanes) is 12. The van der Waals surface area contributed by atoms with Gasteiger partial charge in [-0.15, -0.1) is 0 Å². The molecular weight excluding hydrogens is 824 g/mol. The van der Waals surface area contributed by atoms with E-state index in [9.17, 15) is 24.0 Å². The maximum absolute atomic E-state index is 15.3. The highest BCUT2D eigenvalue weighted by molar-refractivity contribution is 6.34. The molecule has 6 amide bonds. The Balaban J connectivity index is 1.36. The molecule has 0 spiro atoms. The largest absolute Gasteiger partial charge is 0.497 e. The van der Waals surface area contributed by atoms with E-state index in [0.717, 1.165) is 24.2 Å². The summed E-state index contributed by atoms with van der Waals surface area (Å²) in [4.78, 5) is 85.9. The minimum absolute atomic E-state index is 0.0190. The number of ether oxygens (including phenoxy) is 2. The van der Waals surface area contributed by atoms with Crippen LogP contribution in [-0.4, -0.2) is 102 Å². The van der Waals surface area contributed by atoms with E-state index in [1.807, 2.05) is 0 Å². The Labute approximate surface area is 375 Å². The van der Waals surface area contributed by atoms with Crippen LogP contribution in [0.25, 0.3) is 22.2 Å². The van der Waals surface area contributed by atoms with E-state index in [2.05, 4.69) is 17.6 Å². The number of aryl methyl sites for hydroxylation is 1. The van der Waals surface area contributed by atoms with Gasteiger partial charge in [-0.2, -0.15) is 0 Å². The van der Waals surface area contributed by atoms with Crippen LogP contribution in [0.1, 0.15) is 111 Å². The Morgan fingerprint density at radius 3 is 1.98 bits per heavy atom. The molecule has 0 bridgehead atoms. The van der Waals surface area contributed by atoms with E-state index in [1.54, 1.807) is 68.2 Å². The number of hydrogen-bond acceptors (Lipinski definition) is 8. The van der Waals surface area contributed by atoms with Gasteiger partial charge in [0.05, 0.1) is 41.2 Å². The number of hydrogen-bond donors (Lipinski definition) is 2. The van der Waals surface area contributed by atoms with Gasteiger partial charge in [0.25, 0.3) is 11.8 Å². The van der Waals surface area contributed by atoms with E-state index in [1.165, 1.54) is 95.0 Å². The van der Waals surface area contributed by atoms with Crippen LogP contribution in [0.2, 0.25) is 5.02 Å². The van der Waals surface area contributed by atoms with Crippen molar-refractivity contribution in [3.8, 4) is 17.0 Å². The number of anilines is 2. The second kappa shape index (κ2) is 23.0. The van der Waals surface area contributed by atoms with Crippen molar-refractivity contribution < 1.29 is 38.2 Å². The standard InChI is InChI=1S/C48H61ClN6O8/c1-7-8-9-10-11-12-13-14-15-16-17-18-19-28-63-46(59)33-22-26-37(49)38(29-33)51-45(58)43(55-40(56)31-53(4)48(55)61)44(57)41-36-30-34(50-47(60)52(2)3)23-27-39(36)54(5)42(41)32-20-24-35(62-6)25-21-32/h20-27,29-30,43H,7-19,28,31H2,1-6H3,(H,50,60)(H,51,58). The Hall–Kier alpha value is -5.89. The molecule has 2 N–H and O–H groups in total. The summed E-state index contributed by atoms with van der Waals surface area (Å²) < 4.78 is 12.7. The Kier molecular flexibility index (Phi) is 17.6. The lowest BCUT2D eigenvalue weighted by molar-refractivity contribution is -0.131. The molecule has 5 rings (SSSR count). The number of urea groups is 2. The molecule has 1 saturated heterocycles. The van der Waals surface area contributed by atoms with Gasteiger partial charge in [0.1, 0.15) is 12.3 Å². The minimum atomic E-state index is -2.01. The summed E-state index contributed by atoms with van der Waals surface area (Å²) in [5.74, 6) is -2.72. The fourth-order valence-corrected chi connectivity index (χ4v) is 7.96. The molecule has 63 heavy (non-hydrogen) atoms. The molecule has 1 aliphatic heterocycles. The summed E-state index contributed by atoms with van der Waals surface area (Å²) in [5.41, 5.74) is 1.99. The van der Waals surface area contributed by atoms with Crippen LogP contribution >= 0.6 is 11.6 Å². The summed E-state index contributed by atoms with van der Waals surface area (Å²) >= 11 is 6.56. The second-order valence-electron chi connectivity index (χ2n) is 16.3. The van der Waals surface area contributed by atoms with Gasteiger partial charge >= 0.3 is 18.0 Å². The van der Waals surface area contributed by atoms with Crippen molar-refractivity contribution in [2.75, 3.05) is 52.0 Å². The SMILES string of the molecule is CCCCCCCCCCCCCCCOC(=O)c1ccc(Cl)c(NC(=O)C(C(=O)c2c(-c3ccc(OC)cc3)n(C)c3ccc(NC(=O)N(C)C)cc23)N2C(=O)CN(C)C2=O)c1. The fraction of sp³-hybridized carbons (Fsp3) is 0.458. The maximum atomic E-state index is 15.3. The van der Waals surface area contributed by atoms with Crippen molar-refractivity contribution in [2.24, 2.45) is 7.05 Å². The summed E-state index contributed by atoms with van der Waals surface area (Å²) in [5, 5.41) is 5.83. The molecule has 15 heteroatoms. The first-order valence-corrected chi connectivity index (χ1v) is 22.3. The molecule has 1 atom stereocenters. The smallest absolute Gasteiger partial charge is 0.338 e. The zero-order valence-electron chi connectivity index (χ0n) is 37.4. The van der Waals surface area contributed by atoms with Crippen molar-refractivity contribution in [1.29, 1.82) is 0 Å². The first-order chi connectivity index (χ1) is 30.3. The number of esters is 1. The predicted octanol–water partition coefficient (Wildman–Crippen LogP) is 9.93. The molecule has 2 heterocycles. The highest BCUT2D eigenvalue weighted by Gasteiger charge is 2.47. The average molecular weight is 886 g/mol. The van der Waals surface area contributed by atoms with Crippen molar-refractivity contribution in [3.63, 3.8) is 0 Å². The fourth-order valence-electron chi connectivity index (χ4n) is 7.79. The van der Waals surface area contributed by atoms with E-state index >= 15 is 4.79 Å². The molecule has 0 aliphatic carbocycles. The second-order valence-corrected chi connectivity index (χ2v) is 16.7. The van der Waals surface area contributed by atoms with Gasteiger partial charge in [-0.1, -0.05) is 95.6 Å². The van der Waals surface area contributed by atoms with E-state index < -0.39 is 41.7 Å². The zero-order valence-corrected chi connectivity index (χ0v) is 38.1. The number of rotatable bonds is 23. The van der Waals surface area contributed by atoms with E-state index in [4.69, 9.17) is 21.1 Å². The summed E-state index contributed by atoms with van der Waals surface area (Å²) in [6.45, 7) is 2.10. The topological polar surface area (TPSA) is 160 Å². The molecule has 1 unspecified atom stereocenters. The average Bonchev–Trinajstić information content (AvgIpc) is 3.70. The number of benzene rings is 3. The van der Waals surface area contributed by atoms with Crippen molar-refractivity contribution in [1.82, 2.24) is 19.3 Å².